The molecule has 4 rings (SSSR count). The molecule has 0 aliphatic carbocycles. The largest absolute Gasteiger partial charge is 0.386 e. The molecule has 2 heterocycles. The Labute approximate surface area is 168 Å². The Morgan fingerprint density at radius 1 is 1.15 bits per heavy atom. The van der Waals surface area contributed by atoms with E-state index in [9.17, 15) is 9.50 Å². The summed E-state index contributed by atoms with van der Waals surface area (Å²) in [6.45, 7) is 0.199. The quantitative estimate of drug-likeness (QED) is 0.472. The summed E-state index contributed by atoms with van der Waals surface area (Å²) in [5, 5.41) is 19.3. The molecule has 0 saturated heterocycles. The van der Waals surface area contributed by atoms with Gasteiger partial charge in [0, 0.05) is 27.7 Å². The summed E-state index contributed by atoms with van der Waals surface area (Å²) < 4.78 is 14.7. The van der Waals surface area contributed by atoms with E-state index in [0.29, 0.717) is 31.4 Å². The molecule has 0 aliphatic rings. The van der Waals surface area contributed by atoms with Gasteiger partial charge in [0.2, 0.25) is 10.1 Å². The van der Waals surface area contributed by atoms with E-state index in [4.69, 9.17) is 23.2 Å². The first kappa shape index (κ1) is 18.2. The highest BCUT2D eigenvalue weighted by molar-refractivity contribution is 7.20. The summed E-state index contributed by atoms with van der Waals surface area (Å²) in [7, 11) is 0. The van der Waals surface area contributed by atoms with Crippen LogP contribution in [0.5, 0.6) is 0 Å². The van der Waals surface area contributed by atoms with E-state index < -0.39 is 6.10 Å². The molecule has 0 fully saturated rings. The molecular weight excluding hydrogens is 410 g/mol. The minimum absolute atomic E-state index is 0.199. The first-order valence-electron chi connectivity index (χ1n) is 7.99. The topological polar surface area (TPSA) is 62.5 Å². The van der Waals surface area contributed by atoms with Gasteiger partial charge in [-0.2, -0.15) is 0 Å². The highest BCUT2D eigenvalue weighted by Gasteiger charge is 2.16. The zero-order chi connectivity index (χ0) is 19.0. The number of imidazole rings is 1. The maximum absolute atomic E-state index is 13.0. The normalized spacial score (nSPS) is 12.4. The summed E-state index contributed by atoms with van der Waals surface area (Å²) >= 11 is 13.6. The maximum atomic E-state index is 13.0. The number of fused-ring (bicyclic) bond motifs is 1. The summed E-state index contributed by atoms with van der Waals surface area (Å²) in [5.74, 6) is -0.290. The molecule has 0 saturated carbocycles. The monoisotopic (exact) mass is 422 g/mol. The van der Waals surface area contributed by atoms with Crippen molar-refractivity contribution in [3.8, 4) is 11.3 Å². The van der Waals surface area contributed by atoms with E-state index in [1.807, 2.05) is 0 Å². The fourth-order valence-corrected chi connectivity index (χ4v) is 4.08. The standard InChI is InChI=1S/C18H13Cl2FN4OS/c19-12-2-1-3-13(20)16(12)15(26)8-22-17-24-25-9-14(23-18(25)27-17)10-4-6-11(21)7-5-10/h1-7,9,15,26H,8H2,(H,22,24)/t15-/m1/s1. The molecule has 1 atom stereocenters. The number of halogens is 3. The Balaban J connectivity index is 1.48. The van der Waals surface area contributed by atoms with Gasteiger partial charge >= 0.3 is 0 Å². The van der Waals surface area contributed by atoms with Gasteiger partial charge in [0.15, 0.2) is 0 Å². The smallest absolute Gasteiger partial charge is 0.214 e. The van der Waals surface area contributed by atoms with E-state index in [2.05, 4.69) is 15.4 Å². The van der Waals surface area contributed by atoms with Crippen molar-refractivity contribution in [1.29, 1.82) is 0 Å². The zero-order valence-corrected chi connectivity index (χ0v) is 16.1. The van der Waals surface area contributed by atoms with Crippen molar-refractivity contribution in [2.75, 3.05) is 11.9 Å². The van der Waals surface area contributed by atoms with Crippen LogP contribution in [0.2, 0.25) is 10.0 Å². The second kappa shape index (κ2) is 7.44. The minimum Gasteiger partial charge on any atom is -0.386 e. The number of nitrogens with zero attached hydrogens (tertiary/aromatic N) is 3. The van der Waals surface area contributed by atoms with Crippen LogP contribution in [0.1, 0.15) is 11.7 Å². The first-order valence-corrected chi connectivity index (χ1v) is 9.56. The SMILES string of the molecule is O[C@H](CNc1nn2cc(-c3ccc(F)cc3)nc2s1)c1c(Cl)cccc1Cl. The van der Waals surface area contributed by atoms with Crippen LogP contribution in [0.25, 0.3) is 16.2 Å². The molecule has 0 spiro atoms. The number of hydrogen-bond acceptors (Lipinski definition) is 5. The van der Waals surface area contributed by atoms with Crippen LogP contribution in [0.15, 0.2) is 48.7 Å². The molecule has 2 aromatic heterocycles. The summed E-state index contributed by atoms with van der Waals surface area (Å²) in [4.78, 5) is 5.18. The molecule has 9 heteroatoms. The molecule has 2 N–H and O–H groups in total. The van der Waals surface area contributed by atoms with Crippen molar-refractivity contribution in [3.05, 3.63) is 70.1 Å². The van der Waals surface area contributed by atoms with Crippen LogP contribution in [0, 0.1) is 5.82 Å². The summed E-state index contributed by atoms with van der Waals surface area (Å²) in [5.41, 5.74) is 2.00. The van der Waals surface area contributed by atoms with Crippen LogP contribution in [0.3, 0.4) is 0 Å². The van der Waals surface area contributed by atoms with Crippen molar-refractivity contribution in [3.63, 3.8) is 0 Å². The number of rotatable bonds is 5. The van der Waals surface area contributed by atoms with Gasteiger partial charge in [0.25, 0.3) is 0 Å². The second-order valence-electron chi connectivity index (χ2n) is 5.80. The predicted octanol–water partition coefficient (Wildman–Crippen LogP) is 5.05. The molecule has 0 amide bonds. The number of benzene rings is 2. The van der Waals surface area contributed by atoms with Gasteiger partial charge in [-0.3, -0.25) is 0 Å². The van der Waals surface area contributed by atoms with E-state index in [1.54, 1.807) is 41.0 Å². The van der Waals surface area contributed by atoms with Gasteiger partial charge in [0.1, 0.15) is 5.82 Å². The number of aliphatic hydroxyl groups is 1. The molecule has 138 valence electrons. The second-order valence-corrected chi connectivity index (χ2v) is 7.57. The van der Waals surface area contributed by atoms with Crippen molar-refractivity contribution in [2.45, 2.75) is 6.10 Å². The maximum Gasteiger partial charge on any atom is 0.214 e. The zero-order valence-electron chi connectivity index (χ0n) is 13.7. The van der Waals surface area contributed by atoms with Gasteiger partial charge in [-0.1, -0.05) is 40.6 Å². The Morgan fingerprint density at radius 3 is 2.52 bits per heavy atom. The third-order valence-electron chi connectivity index (χ3n) is 3.96. The molecule has 4 aromatic rings. The highest BCUT2D eigenvalue weighted by Crippen LogP contribution is 2.31. The lowest BCUT2D eigenvalue weighted by Crippen LogP contribution is -2.13. The third-order valence-corrected chi connectivity index (χ3v) is 5.50. The fraction of sp³-hybridized carbons (Fsp3) is 0.111. The lowest BCUT2D eigenvalue weighted by atomic mass is 10.1. The van der Waals surface area contributed by atoms with Crippen molar-refractivity contribution in [2.24, 2.45) is 0 Å². The average molecular weight is 423 g/mol. The van der Waals surface area contributed by atoms with Gasteiger partial charge in [0.05, 0.1) is 18.0 Å². The summed E-state index contributed by atoms with van der Waals surface area (Å²) in [6.07, 6.45) is 0.892. The number of hydrogen-bond donors (Lipinski definition) is 2. The molecule has 5 nitrogen and oxygen atoms in total. The number of aliphatic hydroxyl groups excluding tert-OH is 1. The molecule has 0 bridgehead atoms. The Morgan fingerprint density at radius 2 is 1.85 bits per heavy atom. The number of nitrogens with one attached hydrogen (secondary N) is 1. The Hall–Kier alpha value is -2.19. The average Bonchev–Trinajstić information content (AvgIpc) is 3.19. The van der Waals surface area contributed by atoms with Crippen molar-refractivity contribution in [1.82, 2.24) is 14.6 Å². The van der Waals surface area contributed by atoms with Crippen LogP contribution in [-0.2, 0) is 0 Å². The summed E-state index contributed by atoms with van der Waals surface area (Å²) in [6, 6.07) is 11.2. The lowest BCUT2D eigenvalue weighted by Gasteiger charge is -2.14. The minimum atomic E-state index is -0.878. The molecule has 27 heavy (non-hydrogen) atoms. The molecular formula is C18H13Cl2FN4OS. The lowest BCUT2D eigenvalue weighted by molar-refractivity contribution is 0.192. The van der Waals surface area contributed by atoms with E-state index in [-0.39, 0.29) is 12.4 Å². The van der Waals surface area contributed by atoms with Crippen molar-refractivity contribution < 1.29 is 9.50 Å². The first-order chi connectivity index (χ1) is 13.0. The molecule has 0 radical (unpaired) electrons. The van der Waals surface area contributed by atoms with Crippen LogP contribution >= 0.6 is 34.5 Å². The molecule has 0 aliphatic heterocycles. The van der Waals surface area contributed by atoms with Gasteiger partial charge in [-0.25, -0.2) is 13.9 Å². The van der Waals surface area contributed by atoms with E-state index in [0.717, 1.165) is 5.56 Å². The number of anilines is 1. The Kier molecular flexibility index (Phi) is 5.01. The van der Waals surface area contributed by atoms with Gasteiger partial charge in [-0.05, 0) is 36.4 Å². The van der Waals surface area contributed by atoms with Gasteiger partial charge < -0.3 is 10.4 Å². The van der Waals surface area contributed by atoms with Gasteiger partial charge in [-0.15, -0.1) is 5.10 Å². The number of aromatic nitrogens is 3. The fourth-order valence-electron chi connectivity index (χ4n) is 2.65. The van der Waals surface area contributed by atoms with E-state index in [1.165, 1.54) is 23.5 Å². The Bertz CT molecular complexity index is 1040. The molecule has 0 unspecified atom stereocenters. The molecule has 2 aromatic carbocycles. The van der Waals surface area contributed by atoms with E-state index >= 15 is 0 Å². The van der Waals surface area contributed by atoms with Crippen LogP contribution in [-0.4, -0.2) is 26.2 Å². The highest BCUT2D eigenvalue weighted by atomic mass is 35.5. The van der Waals surface area contributed by atoms with Crippen LogP contribution in [0.4, 0.5) is 9.52 Å². The van der Waals surface area contributed by atoms with Crippen molar-refractivity contribution >= 4 is 44.6 Å². The van der Waals surface area contributed by atoms with Crippen LogP contribution < -0.4 is 5.32 Å². The third kappa shape index (κ3) is 3.77. The predicted molar refractivity (Wildman–Crippen MR) is 106 cm³/mol.